The largest absolute Gasteiger partial charge is 0.321 e. The molecule has 2 rings (SSSR count). The number of carbonyl (C=O) groups is 1. The van der Waals surface area contributed by atoms with Crippen LogP contribution in [0.4, 0.5) is 11.5 Å². The van der Waals surface area contributed by atoms with Gasteiger partial charge in [-0.15, -0.1) is 0 Å². The zero-order valence-electron chi connectivity index (χ0n) is 9.65. The van der Waals surface area contributed by atoms with Crippen molar-refractivity contribution < 1.29 is 4.79 Å². The molecule has 0 saturated carbocycles. The van der Waals surface area contributed by atoms with Crippen LogP contribution in [-0.2, 0) is 0 Å². The van der Waals surface area contributed by atoms with Gasteiger partial charge in [-0.3, -0.25) is 4.79 Å². The summed E-state index contributed by atoms with van der Waals surface area (Å²) >= 11 is 6.64. The van der Waals surface area contributed by atoms with Crippen LogP contribution in [-0.4, -0.2) is 10.9 Å². The van der Waals surface area contributed by atoms with Crippen LogP contribution in [0.3, 0.4) is 0 Å². The van der Waals surface area contributed by atoms with Crippen LogP contribution >= 0.6 is 31.9 Å². The molecule has 1 aromatic carbocycles. The molecule has 0 unspecified atom stereocenters. The van der Waals surface area contributed by atoms with Gasteiger partial charge >= 0.3 is 0 Å². The number of nitrogen functional groups attached to an aromatic ring is 1. The summed E-state index contributed by atoms with van der Waals surface area (Å²) in [7, 11) is 0. The molecule has 4 N–H and O–H groups in total. The first-order chi connectivity index (χ1) is 9.11. The Labute approximate surface area is 126 Å². The summed E-state index contributed by atoms with van der Waals surface area (Å²) < 4.78 is 1.50. The number of halogens is 2. The molecule has 0 saturated heterocycles. The normalized spacial score (nSPS) is 10.1. The second kappa shape index (κ2) is 6.14. The lowest BCUT2D eigenvalue weighted by Gasteiger charge is -2.10. The maximum Gasteiger partial charge on any atom is 0.259 e. The Kier molecular flexibility index (Phi) is 4.52. The molecular weight excluding hydrogens is 376 g/mol. The van der Waals surface area contributed by atoms with Crippen LogP contribution in [0.1, 0.15) is 10.4 Å². The number of nitrogens with one attached hydrogen (secondary N) is 2. The van der Waals surface area contributed by atoms with E-state index in [0.717, 1.165) is 4.47 Å². The molecule has 0 atom stereocenters. The SMILES string of the molecule is NNc1ncc(Br)cc1C(=O)Nc1ccccc1Br. The van der Waals surface area contributed by atoms with E-state index in [9.17, 15) is 4.79 Å². The summed E-state index contributed by atoms with van der Waals surface area (Å²) in [5.74, 6) is 5.36. The maximum absolute atomic E-state index is 12.2. The van der Waals surface area contributed by atoms with Gasteiger partial charge in [0.25, 0.3) is 5.91 Å². The second-order valence-corrected chi connectivity index (χ2v) is 5.40. The number of amides is 1. The van der Waals surface area contributed by atoms with Crippen molar-refractivity contribution in [2.45, 2.75) is 0 Å². The number of pyridine rings is 1. The Morgan fingerprint density at radius 1 is 1.26 bits per heavy atom. The lowest BCUT2D eigenvalue weighted by atomic mass is 10.2. The highest BCUT2D eigenvalue weighted by atomic mass is 79.9. The van der Waals surface area contributed by atoms with Gasteiger partial charge in [-0.05, 0) is 50.1 Å². The molecule has 0 aliphatic heterocycles. The molecule has 98 valence electrons. The van der Waals surface area contributed by atoms with Gasteiger partial charge in [0.15, 0.2) is 5.82 Å². The number of anilines is 2. The minimum atomic E-state index is -0.298. The minimum Gasteiger partial charge on any atom is -0.321 e. The van der Waals surface area contributed by atoms with Gasteiger partial charge < -0.3 is 10.7 Å². The van der Waals surface area contributed by atoms with Crippen molar-refractivity contribution in [2.24, 2.45) is 5.84 Å². The number of aromatic nitrogens is 1. The first-order valence-corrected chi connectivity index (χ1v) is 6.88. The number of benzene rings is 1. The Morgan fingerprint density at radius 2 is 2.00 bits per heavy atom. The molecule has 0 aliphatic rings. The topological polar surface area (TPSA) is 80.0 Å². The third-order valence-electron chi connectivity index (χ3n) is 2.36. The Balaban J connectivity index is 2.30. The van der Waals surface area contributed by atoms with Crippen molar-refractivity contribution in [3.8, 4) is 0 Å². The number of hydrazine groups is 1. The molecule has 19 heavy (non-hydrogen) atoms. The van der Waals surface area contributed by atoms with E-state index in [-0.39, 0.29) is 5.91 Å². The van der Waals surface area contributed by atoms with Gasteiger partial charge in [-0.2, -0.15) is 0 Å². The van der Waals surface area contributed by atoms with Crippen LogP contribution in [0.15, 0.2) is 45.5 Å². The van der Waals surface area contributed by atoms with E-state index >= 15 is 0 Å². The van der Waals surface area contributed by atoms with E-state index in [2.05, 4.69) is 47.6 Å². The monoisotopic (exact) mass is 384 g/mol. The van der Waals surface area contributed by atoms with E-state index in [1.165, 1.54) is 0 Å². The van der Waals surface area contributed by atoms with E-state index in [0.29, 0.717) is 21.5 Å². The van der Waals surface area contributed by atoms with Gasteiger partial charge in [0, 0.05) is 15.1 Å². The summed E-state index contributed by atoms with van der Waals surface area (Å²) in [5, 5.41) is 2.79. The third-order valence-corrected chi connectivity index (χ3v) is 3.48. The van der Waals surface area contributed by atoms with Crippen molar-refractivity contribution in [3.05, 3.63) is 51.0 Å². The first-order valence-electron chi connectivity index (χ1n) is 5.30. The minimum absolute atomic E-state index is 0.298. The van der Waals surface area contributed by atoms with E-state index in [1.807, 2.05) is 18.2 Å². The molecule has 5 nitrogen and oxygen atoms in total. The zero-order valence-corrected chi connectivity index (χ0v) is 12.8. The van der Waals surface area contributed by atoms with Crippen molar-refractivity contribution in [2.75, 3.05) is 10.7 Å². The van der Waals surface area contributed by atoms with Crippen molar-refractivity contribution in [1.82, 2.24) is 4.98 Å². The lowest BCUT2D eigenvalue weighted by molar-refractivity contribution is 0.102. The van der Waals surface area contributed by atoms with Gasteiger partial charge in [0.05, 0.1) is 11.3 Å². The number of hydrogen-bond donors (Lipinski definition) is 3. The molecule has 1 heterocycles. The molecule has 1 amide bonds. The van der Waals surface area contributed by atoms with Gasteiger partial charge in [-0.25, -0.2) is 10.8 Å². The predicted octanol–water partition coefficient (Wildman–Crippen LogP) is 3.14. The maximum atomic E-state index is 12.2. The molecule has 0 aliphatic carbocycles. The highest BCUT2D eigenvalue weighted by Gasteiger charge is 2.14. The number of carbonyl (C=O) groups excluding carboxylic acids is 1. The lowest BCUT2D eigenvalue weighted by Crippen LogP contribution is -2.18. The van der Waals surface area contributed by atoms with E-state index < -0.39 is 0 Å². The number of para-hydroxylation sites is 1. The van der Waals surface area contributed by atoms with Crippen molar-refractivity contribution >= 4 is 49.3 Å². The van der Waals surface area contributed by atoms with Crippen LogP contribution < -0.4 is 16.6 Å². The highest BCUT2D eigenvalue weighted by molar-refractivity contribution is 9.10. The Morgan fingerprint density at radius 3 is 2.68 bits per heavy atom. The number of nitrogens with zero attached hydrogens (tertiary/aromatic N) is 1. The summed E-state index contributed by atoms with van der Waals surface area (Å²) in [5.41, 5.74) is 3.43. The molecule has 0 fully saturated rings. The average molecular weight is 386 g/mol. The Bertz CT molecular complexity index is 618. The smallest absolute Gasteiger partial charge is 0.259 e. The molecule has 7 heteroatoms. The van der Waals surface area contributed by atoms with Crippen LogP contribution in [0.2, 0.25) is 0 Å². The summed E-state index contributed by atoms with van der Waals surface area (Å²) in [4.78, 5) is 16.2. The van der Waals surface area contributed by atoms with Crippen molar-refractivity contribution in [1.29, 1.82) is 0 Å². The molecule has 0 spiro atoms. The Hall–Kier alpha value is -1.44. The molecule has 0 radical (unpaired) electrons. The van der Waals surface area contributed by atoms with Gasteiger partial charge in [-0.1, -0.05) is 12.1 Å². The van der Waals surface area contributed by atoms with Gasteiger partial charge in [0.1, 0.15) is 0 Å². The molecule has 2 aromatic rings. The number of nitrogens with two attached hydrogens (primary N) is 1. The highest BCUT2D eigenvalue weighted by Crippen LogP contribution is 2.23. The van der Waals surface area contributed by atoms with Crippen molar-refractivity contribution in [3.63, 3.8) is 0 Å². The van der Waals surface area contributed by atoms with E-state index in [1.54, 1.807) is 18.3 Å². The number of rotatable bonds is 3. The molecule has 0 bridgehead atoms. The van der Waals surface area contributed by atoms with Gasteiger partial charge in [0.2, 0.25) is 0 Å². The summed E-state index contributed by atoms with van der Waals surface area (Å²) in [6, 6.07) is 8.99. The fourth-order valence-corrected chi connectivity index (χ4v) is 2.19. The fourth-order valence-electron chi connectivity index (χ4n) is 1.48. The average Bonchev–Trinajstić information content (AvgIpc) is 2.41. The summed E-state index contributed by atoms with van der Waals surface area (Å²) in [6.45, 7) is 0. The van der Waals surface area contributed by atoms with Crippen LogP contribution in [0, 0.1) is 0 Å². The van der Waals surface area contributed by atoms with Crippen LogP contribution in [0.25, 0.3) is 0 Å². The fraction of sp³-hybridized carbons (Fsp3) is 0. The number of hydrogen-bond acceptors (Lipinski definition) is 4. The van der Waals surface area contributed by atoms with E-state index in [4.69, 9.17) is 5.84 Å². The predicted molar refractivity (Wildman–Crippen MR) is 81.8 cm³/mol. The first kappa shape index (κ1) is 14.0. The second-order valence-electron chi connectivity index (χ2n) is 3.63. The quantitative estimate of drug-likeness (QED) is 0.560. The molecule has 1 aromatic heterocycles. The third kappa shape index (κ3) is 3.31. The summed E-state index contributed by atoms with van der Waals surface area (Å²) in [6.07, 6.45) is 1.56. The zero-order chi connectivity index (χ0) is 13.8. The molecular formula is C12H10Br2N4O. The standard InChI is InChI=1S/C12H10Br2N4O/c13-7-5-8(11(18-15)16-6-7)12(19)17-10-4-2-1-3-9(10)14/h1-6H,15H2,(H,16,18)(H,17,19). The van der Waals surface area contributed by atoms with Crippen LogP contribution in [0.5, 0.6) is 0 Å².